The molecule has 0 spiro atoms. The Morgan fingerprint density at radius 3 is 1.32 bits per heavy atom. The van der Waals surface area contributed by atoms with Crippen molar-refractivity contribution >= 4 is 19.8 Å². The van der Waals surface area contributed by atoms with Crippen molar-refractivity contribution < 1.29 is 0 Å². The molecule has 0 saturated heterocycles. The first-order chi connectivity index (χ1) is 9.35. The van der Waals surface area contributed by atoms with E-state index in [1.54, 1.807) is 13.3 Å². The molecular weight excluding hydrogens is 335 g/mol. The van der Waals surface area contributed by atoms with Gasteiger partial charge in [-0.3, -0.25) is 0 Å². The molecule has 19 heavy (non-hydrogen) atoms. The van der Waals surface area contributed by atoms with Gasteiger partial charge in [-0.2, -0.15) is 0 Å². The molecule has 0 aliphatic rings. The summed E-state index contributed by atoms with van der Waals surface area (Å²) >= 11 is -0.967. The second-order valence-corrected chi connectivity index (χ2v) is 15.3. The van der Waals surface area contributed by atoms with Crippen LogP contribution in [0.2, 0.25) is 13.3 Å². The van der Waals surface area contributed by atoms with Gasteiger partial charge in [-0.1, -0.05) is 30.3 Å². The molecule has 0 aromatic heterocycles. The molecule has 0 aliphatic carbocycles. The van der Waals surface area contributed by atoms with Crippen LogP contribution in [0.15, 0.2) is 30.3 Å². The zero-order chi connectivity index (χ0) is 14.2. The minimum Gasteiger partial charge on any atom is -0.0622 e. The van der Waals surface area contributed by atoms with E-state index in [1.807, 2.05) is 30.3 Å². The standard InChI is InChI=1S/C6H5.3C4H9.Sn.H/c1-2-4-6-5-3-1;3*1-3-4-2;;/h1-5H;3*1,3-4H2,2H3;;. The summed E-state index contributed by atoms with van der Waals surface area (Å²) in [7, 11) is 0. The Morgan fingerprint density at radius 1 is 0.684 bits per heavy atom. The van der Waals surface area contributed by atoms with Crippen LogP contribution in [0, 0.1) is 6.07 Å². The van der Waals surface area contributed by atoms with Crippen molar-refractivity contribution in [2.75, 3.05) is 0 Å². The fraction of sp³-hybridized carbons (Fsp3) is 0.667. The fourth-order valence-corrected chi connectivity index (χ4v) is 13.2. The quantitative estimate of drug-likeness (QED) is 0.462. The Kier molecular flexibility index (Phi) is 16.1. The van der Waals surface area contributed by atoms with E-state index in [4.69, 9.17) is 0 Å². The van der Waals surface area contributed by atoms with Crippen LogP contribution in [0.3, 0.4) is 0 Å². The molecule has 0 unspecified atom stereocenters. The number of benzene rings is 1. The normalized spacial score (nSPS) is 10.1. The molecule has 1 radical (unpaired) electrons. The van der Waals surface area contributed by atoms with E-state index in [1.165, 1.54) is 38.5 Å². The van der Waals surface area contributed by atoms with Gasteiger partial charge < -0.3 is 0 Å². The molecule has 109 valence electrons. The maximum absolute atomic E-state index is 2.89. The molecule has 0 aliphatic heterocycles. The van der Waals surface area contributed by atoms with Gasteiger partial charge in [-0.05, 0) is 6.07 Å². The third kappa shape index (κ3) is 14.2. The van der Waals surface area contributed by atoms with E-state index in [2.05, 4.69) is 26.8 Å². The van der Waals surface area contributed by atoms with Gasteiger partial charge in [0.15, 0.2) is 0 Å². The van der Waals surface area contributed by atoms with E-state index in [-0.39, 0.29) is 0 Å². The molecule has 0 fully saturated rings. The van der Waals surface area contributed by atoms with Gasteiger partial charge in [0.25, 0.3) is 0 Å². The Labute approximate surface area is 128 Å². The predicted octanol–water partition coefficient (Wildman–Crippen LogP) is 6.10. The van der Waals surface area contributed by atoms with Gasteiger partial charge in [-0.25, -0.2) is 0 Å². The van der Waals surface area contributed by atoms with Gasteiger partial charge in [0.05, 0.1) is 0 Å². The van der Waals surface area contributed by atoms with Crippen LogP contribution in [-0.2, 0) is 0 Å². The first-order valence-electron chi connectivity index (χ1n) is 8.26. The van der Waals surface area contributed by atoms with Gasteiger partial charge in [0, 0.05) is 0 Å². The Balaban J connectivity index is 0.000000443. The average molecular weight is 368 g/mol. The fourth-order valence-electron chi connectivity index (χ4n) is 2.25. The van der Waals surface area contributed by atoms with Crippen LogP contribution in [0.5, 0.6) is 0 Å². The van der Waals surface area contributed by atoms with Gasteiger partial charge in [-0.15, -0.1) is 0 Å². The monoisotopic (exact) mass is 369 g/mol. The zero-order valence-electron chi connectivity index (χ0n) is 13.3. The van der Waals surface area contributed by atoms with Gasteiger partial charge in [0.2, 0.25) is 0 Å². The van der Waals surface area contributed by atoms with E-state index in [0.717, 1.165) is 0 Å². The third-order valence-electron chi connectivity index (χ3n) is 3.50. The van der Waals surface area contributed by atoms with Crippen molar-refractivity contribution in [3.63, 3.8) is 0 Å². The Hall–Kier alpha value is 0.0187. The zero-order valence-corrected chi connectivity index (χ0v) is 16.6. The maximum atomic E-state index is 2.89. The van der Waals surface area contributed by atoms with Crippen molar-refractivity contribution in [3.05, 3.63) is 36.4 Å². The minimum atomic E-state index is -0.967. The van der Waals surface area contributed by atoms with Crippen LogP contribution in [0.1, 0.15) is 59.3 Å². The second-order valence-electron chi connectivity index (χ2n) is 5.37. The molecule has 1 heteroatoms. The number of rotatable bonds is 9. The van der Waals surface area contributed by atoms with Crippen molar-refractivity contribution in [2.24, 2.45) is 0 Å². The average Bonchev–Trinajstić information content (AvgIpc) is 2.49. The number of unbranched alkanes of at least 4 members (excludes halogenated alkanes) is 3. The van der Waals surface area contributed by atoms with E-state index >= 15 is 0 Å². The van der Waals surface area contributed by atoms with Crippen LogP contribution in [-0.4, -0.2) is 19.8 Å². The van der Waals surface area contributed by atoms with E-state index in [9.17, 15) is 0 Å². The second kappa shape index (κ2) is 16.1. The summed E-state index contributed by atoms with van der Waals surface area (Å²) < 4.78 is 5.08. The molecule has 0 heterocycles. The van der Waals surface area contributed by atoms with Crippen LogP contribution in [0.4, 0.5) is 0 Å². The summed E-state index contributed by atoms with van der Waals surface area (Å²) in [5, 5.41) is 0. The van der Waals surface area contributed by atoms with E-state index < -0.39 is 19.8 Å². The van der Waals surface area contributed by atoms with Crippen molar-refractivity contribution in [2.45, 2.75) is 72.6 Å². The van der Waals surface area contributed by atoms with Gasteiger partial charge in [0.1, 0.15) is 0 Å². The molecule has 0 nitrogen and oxygen atoms in total. The first-order valence-corrected chi connectivity index (χ1v) is 15.2. The number of hydrogen-bond acceptors (Lipinski definition) is 0. The first kappa shape index (κ1) is 19.0. The summed E-state index contributed by atoms with van der Waals surface area (Å²) in [5.74, 6) is 0. The molecule has 0 N–H and O–H groups in total. The third-order valence-corrected chi connectivity index (χ3v) is 14.0. The number of hydrogen-bond donors (Lipinski definition) is 0. The van der Waals surface area contributed by atoms with Crippen LogP contribution < -0.4 is 0 Å². The smallest absolute Gasteiger partial charge is 0.0184 e. The minimum absolute atomic E-state index is 0.967. The van der Waals surface area contributed by atoms with Crippen molar-refractivity contribution in [1.82, 2.24) is 0 Å². The Morgan fingerprint density at radius 2 is 1.11 bits per heavy atom. The molecule has 0 saturated carbocycles. The summed E-state index contributed by atoms with van der Waals surface area (Å²) in [6, 6.07) is 12.5. The molecule has 0 atom stereocenters. The summed E-state index contributed by atoms with van der Waals surface area (Å²) in [4.78, 5) is 0. The van der Waals surface area contributed by atoms with Crippen molar-refractivity contribution in [1.29, 1.82) is 0 Å². The predicted molar refractivity (Wildman–Crippen MR) is 91.6 cm³/mol. The van der Waals surface area contributed by atoms with Crippen LogP contribution >= 0.6 is 0 Å². The Bertz CT molecular complexity index is 199. The van der Waals surface area contributed by atoms with Gasteiger partial charge >= 0.3 is 92.4 Å². The molecular formula is C18H33Sn. The maximum Gasteiger partial charge on any atom is -0.0184 e. The molecule has 1 rings (SSSR count). The summed E-state index contributed by atoms with van der Waals surface area (Å²) in [6.07, 6.45) is 8.87. The van der Waals surface area contributed by atoms with Crippen molar-refractivity contribution in [3.8, 4) is 0 Å². The van der Waals surface area contributed by atoms with E-state index in [0.29, 0.717) is 0 Å². The van der Waals surface area contributed by atoms with Crippen LogP contribution in [0.25, 0.3) is 0 Å². The topological polar surface area (TPSA) is 0 Å². The summed E-state index contributed by atoms with van der Waals surface area (Å²) in [6.45, 7) is 7.01. The molecule has 1 aromatic rings. The molecule has 0 amide bonds. The summed E-state index contributed by atoms with van der Waals surface area (Å²) in [5.41, 5.74) is 0. The largest absolute Gasteiger partial charge is 0.0622 e. The molecule has 0 bridgehead atoms. The SMILES string of the molecule is CCC[CH2][SnH]([CH2]CCC)[CH2]CCC.[c]1ccccc1. The molecule has 1 aromatic carbocycles.